The lowest BCUT2D eigenvalue weighted by molar-refractivity contribution is -0.0327. The summed E-state index contributed by atoms with van der Waals surface area (Å²) in [6.07, 6.45) is 0. The van der Waals surface area contributed by atoms with E-state index in [1.165, 1.54) is 0 Å². The summed E-state index contributed by atoms with van der Waals surface area (Å²) in [7, 11) is 0. The molecule has 0 aliphatic carbocycles. The van der Waals surface area contributed by atoms with E-state index in [2.05, 4.69) is 21.2 Å². The van der Waals surface area contributed by atoms with Crippen molar-refractivity contribution in [2.75, 3.05) is 12.3 Å². The van der Waals surface area contributed by atoms with Crippen molar-refractivity contribution in [2.45, 2.75) is 12.4 Å². The van der Waals surface area contributed by atoms with Crippen LogP contribution in [0.25, 0.3) is 0 Å². The molecule has 0 radical (unpaired) electrons. The summed E-state index contributed by atoms with van der Waals surface area (Å²) in [5, 5.41) is 2.45. The van der Waals surface area contributed by atoms with Crippen molar-refractivity contribution in [2.24, 2.45) is 0 Å². The van der Waals surface area contributed by atoms with Crippen molar-refractivity contribution in [3.05, 3.63) is 33.8 Å². The standard InChI is InChI=1S/C11H11BrF3NOS/c1-7-2-3-9(12)8(6-7)10(17)16-4-5-18-11(13,14)15/h2-3,6H,4-5H2,1H3,(H,16,17). The Hall–Kier alpha value is -0.690. The monoisotopic (exact) mass is 341 g/mol. The van der Waals surface area contributed by atoms with Crippen molar-refractivity contribution in [1.29, 1.82) is 0 Å². The van der Waals surface area contributed by atoms with Crippen LogP contribution in [-0.4, -0.2) is 23.7 Å². The second-order valence-electron chi connectivity index (χ2n) is 3.53. The minimum Gasteiger partial charge on any atom is -0.351 e. The molecular weight excluding hydrogens is 331 g/mol. The van der Waals surface area contributed by atoms with Gasteiger partial charge in [-0.05, 0) is 46.7 Å². The lowest BCUT2D eigenvalue weighted by Crippen LogP contribution is -2.26. The van der Waals surface area contributed by atoms with E-state index in [0.29, 0.717) is 10.0 Å². The molecule has 1 aromatic carbocycles. The molecule has 18 heavy (non-hydrogen) atoms. The van der Waals surface area contributed by atoms with E-state index < -0.39 is 5.51 Å². The average molecular weight is 342 g/mol. The molecule has 100 valence electrons. The molecule has 1 aromatic rings. The van der Waals surface area contributed by atoms with Gasteiger partial charge in [-0.3, -0.25) is 4.79 Å². The molecule has 0 atom stereocenters. The molecule has 0 aliphatic heterocycles. The van der Waals surface area contributed by atoms with E-state index in [1.807, 2.05) is 13.0 Å². The highest BCUT2D eigenvalue weighted by molar-refractivity contribution is 9.10. The zero-order chi connectivity index (χ0) is 13.8. The van der Waals surface area contributed by atoms with Crippen LogP contribution in [0.15, 0.2) is 22.7 Å². The van der Waals surface area contributed by atoms with Crippen molar-refractivity contribution in [3.63, 3.8) is 0 Å². The fraction of sp³-hybridized carbons (Fsp3) is 0.364. The third kappa shape index (κ3) is 5.30. The Morgan fingerprint density at radius 3 is 2.72 bits per heavy atom. The van der Waals surface area contributed by atoms with Crippen molar-refractivity contribution >= 4 is 33.6 Å². The average Bonchev–Trinajstić information content (AvgIpc) is 2.26. The number of hydrogen-bond donors (Lipinski definition) is 1. The summed E-state index contributed by atoms with van der Waals surface area (Å²) in [4.78, 5) is 11.7. The predicted molar refractivity (Wildman–Crippen MR) is 69.7 cm³/mol. The van der Waals surface area contributed by atoms with E-state index in [1.54, 1.807) is 12.1 Å². The van der Waals surface area contributed by atoms with E-state index in [4.69, 9.17) is 0 Å². The summed E-state index contributed by atoms with van der Waals surface area (Å²) in [6, 6.07) is 5.24. The molecular formula is C11H11BrF3NOS. The van der Waals surface area contributed by atoms with Gasteiger partial charge in [0.2, 0.25) is 0 Å². The van der Waals surface area contributed by atoms with E-state index in [0.717, 1.165) is 5.56 Å². The second kappa shape index (κ2) is 6.47. The van der Waals surface area contributed by atoms with Crippen LogP contribution in [0, 0.1) is 6.92 Å². The maximum atomic E-state index is 11.9. The number of amides is 1. The Bertz CT molecular complexity index is 437. The number of carbonyl (C=O) groups is 1. The maximum absolute atomic E-state index is 11.9. The van der Waals surface area contributed by atoms with Gasteiger partial charge in [0, 0.05) is 16.8 Å². The normalized spacial score (nSPS) is 11.4. The van der Waals surface area contributed by atoms with Crippen LogP contribution in [-0.2, 0) is 0 Å². The van der Waals surface area contributed by atoms with Gasteiger partial charge in [-0.1, -0.05) is 11.6 Å². The summed E-state index contributed by atoms with van der Waals surface area (Å²) in [5.41, 5.74) is -2.92. The topological polar surface area (TPSA) is 29.1 Å². The van der Waals surface area contributed by atoms with Gasteiger partial charge in [0.1, 0.15) is 0 Å². The van der Waals surface area contributed by atoms with Crippen LogP contribution >= 0.6 is 27.7 Å². The largest absolute Gasteiger partial charge is 0.441 e. The lowest BCUT2D eigenvalue weighted by atomic mass is 10.1. The zero-order valence-corrected chi connectivity index (χ0v) is 11.9. The van der Waals surface area contributed by atoms with Crippen LogP contribution in [0.4, 0.5) is 13.2 Å². The Kier molecular flexibility index (Phi) is 5.52. The van der Waals surface area contributed by atoms with Gasteiger partial charge in [0.25, 0.3) is 5.91 Å². The van der Waals surface area contributed by atoms with E-state index >= 15 is 0 Å². The number of thioether (sulfide) groups is 1. The summed E-state index contributed by atoms with van der Waals surface area (Å²) in [6.45, 7) is 1.81. The number of benzene rings is 1. The highest BCUT2D eigenvalue weighted by Crippen LogP contribution is 2.29. The highest BCUT2D eigenvalue weighted by Gasteiger charge is 2.27. The fourth-order valence-electron chi connectivity index (χ4n) is 1.24. The maximum Gasteiger partial charge on any atom is 0.441 e. The van der Waals surface area contributed by atoms with Crippen LogP contribution in [0.3, 0.4) is 0 Å². The van der Waals surface area contributed by atoms with Gasteiger partial charge in [-0.15, -0.1) is 0 Å². The first-order valence-corrected chi connectivity index (χ1v) is 6.82. The minimum atomic E-state index is -4.26. The smallest absolute Gasteiger partial charge is 0.351 e. The molecule has 0 bridgehead atoms. The van der Waals surface area contributed by atoms with Crippen LogP contribution < -0.4 is 5.32 Å². The molecule has 0 saturated heterocycles. The van der Waals surface area contributed by atoms with Gasteiger partial charge in [0.05, 0.1) is 5.56 Å². The third-order valence-electron chi connectivity index (χ3n) is 2.02. The van der Waals surface area contributed by atoms with Crippen molar-refractivity contribution in [1.82, 2.24) is 5.32 Å². The molecule has 0 fully saturated rings. The number of rotatable bonds is 4. The van der Waals surface area contributed by atoms with Crippen LogP contribution in [0.1, 0.15) is 15.9 Å². The number of halogens is 4. The van der Waals surface area contributed by atoms with Gasteiger partial charge in [0.15, 0.2) is 0 Å². The van der Waals surface area contributed by atoms with Gasteiger partial charge >= 0.3 is 5.51 Å². The molecule has 0 aromatic heterocycles. The molecule has 1 N–H and O–H groups in total. The predicted octanol–water partition coefficient (Wildman–Crippen LogP) is 3.74. The number of alkyl halides is 3. The van der Waals surface area contributed by atoms with E-state index in [9.17, 15) is 18.0 Å². The lowest BCUT2D eigenvalue weighted by Gasteiger charge is -2.08. The van der Waals surface area contributed by atoms with Crippen molar-refractivity contribution < 1.29 is 18.0 Å². The van der Waals surface area contributed by atoms with Gasteiger partial charge < -0.3 is 5.32 Å². The number of nitrogens with one attached hydrogen (secondary N) is 1. The first kappa shape index (κ1) is 15.4. The molecule has 0 spiro atoms. The molecule has 2 nitrogen and oxygen atoms in total. The quantitative estimate of drug-likeness (QED) is 0.845. The fourth-order valence-corrected chi connectivity index (χ4v) is 2.10. The molecule has 1 rings (SSSR count). The summed E-state index contributed by atoms with van der Waals surface area (Å²) in [5.74, 6) is -0.577. The highest BCUT2D eigenvalue weighted by atomic mass is 79.9. The minimum absolute atomic E-state index is 0.0244. The Balaban J connectivity index is 2.48. The number of aryl methyl sites for hydroxylation is 1. The zero-order valence-electron chi connectivity index (χ0n) is 9.47. The first-order chi connectivity index (χ1) is 8.29. The Morgan fingerprint density at radius 2 is 2.11 bits per heavy atom. The molecule has 1 amide bonds. The van der Waals surface area contributed by atoms with Crippen LogP contribution in [0.5, 0.6) is 0 Å². The van der Waals surface area contributed by atoms with Gasteiger partial charge in [-0.2, -0.15) is 13.2 Å². The van der Waals surface area contributed by atoms with Gasteiger partial charge in [-0.25, -0.2) is 0 Å². The molecule has 0 saturated carbocycles. The molecule has 0 heterocycles. The Morgan fingerprint density at radius 1 is 1.44 bits per heavy atom. The molecule has 7 heteroatoms. The number of carbonyl (C=O) groups excluding carboxylic acids is 1. The summed E-state index contributed by atoms with van der Waals surface area (Å²) >= 11 is 3.08. The third-order valence-corrected chi connectivity index (χ3v) is 3.45. The molecule has 0 unspecified atom stereocenters. The SMILES string of the molecule is Cc1ccc(Br)c(C(=O)NCCSC(F)(F)F)c1. The Labute approximate surface area is 115 Å². The summed E-state index contributed by atoms with van der Waals surface area (Å²) < 4.78 is 36.2. The first-order valence-electron chi connectivity index (χ1n) is 5.04. The van der Waals surface area contributed by atoms with Crippen molar-refractivity contribution in [3.8, 4) is 0 Å². The second-order valence-corrected chi connectivity index (χ2v) is 5.55. The molecule has 0 aliphatic rings. The number of hydrogen-bond acceptors (Lipinski definition) is 2. The van der Waals surface area contributed by atoms with Crippen LogP contribution in [0.2, 0.25) is 0 Å². The van der Waals surface area contributed by atoms with E-state index in [-0.39, 0.29) is 30.0 Å².